The number of nitrogens with zero attached hydrogens (tertiary/aromatic N) is 1. The van der Waals surface area contributed by atoms with Crippen LogP contribution in [0.1, 0.15) is 52.4 Å². The van der Waals surface area contributed by atoms with Gasteiger partial charge in [-0.15, -0.1) is 0 Å². The minimum atomic E-state index is -3.48. The summed E-state index contributed by atoms with van der Waals surface area (Å²) in [5, 5.41) is 0. The Morgan fingerprint density at radius 1 is 1.14 bits per heavy atom. The topological polar surface area (TPSA) is 84.7 Å². The van der Waals surface area contributed by atoms with E-state index >= 15 is 0 Å². The monoisotopic (exact) mass is 319 g/mol. The molecule has 1 aliphatic carbocycles. The highest BCUT2D eigenvalue weighted by molar-refractivity contribution is 7.87. The molecule has 0 bridgehead atoms. The number of hydrogen-bond acceptors (Lipinski definition) is 4. The molecule has 21 heavy (non-hydrogen) atoms. The average molecular weight is 319 g/mol. The zero-order chi connectivity index (χ0) is 15.5. The number of rotatable bonds is 4. The lowest BCUT2D eigenvalue weighted by atomic mass is 9.92. The minimum Gasteiger partial charge on any atom is -0.373 e. The van der Waals surface area contributed by atoms with Crippen LogP contribution in [0, 0.1) is 0 Å². The van der Waals surface area contributed by atoms with Crippen LogP contribution in [0.2, 0.25) is 0 Å². The van der Waals surface area contributed by atoms with Crippen molar-refractivity contribution in [1.29, 1.82) is 0 Å². The Morgan fingerprint density at radius 3 is 2.19 bits per heavy atom. The van der Waals surface area contributed by atoms with Crippen LogP contribution in [0.4, 0.5) is 0 Å². The van der Waals surface area contributed by atoms with Gasteiger partial charge in [0.15, 0.2) is 0 Å². The molecule has 3 N–H and O–H groups in total. The second kappa shape index (κ2) is 6.91. The first-order valence-corrected chi connectivity index (χ1v) is 9.44. The van der Waals surface area contributed by atoms with Crippen LogP contribution in [-0.2, 0) is 14.9 Å². The standard InChI is InChI=1S/C14H29N3O3S/c1-12-9-17(10-13(2)20-12)21(18,19)16-11-14(15)7-5-3-4-6-8-14/h12-13,16H,3-11,15H2,1-2H3. The number of nitrogens with one attached hydrogen (secondary N) is 1. The summed E-state index contributed by atoms with van der Waals surface area (Å²) in [6.07, 6.45) is 6.21. The van der Waals surface area contributed by atoms with E-state index in [1.165, 1.54) is 17.1 Å². The normalized spacial score (nSPS) is 31.8. The second-order valence-electron chi connectivity index (χ2n) is 6.68. The first-order chi connectivity index (χ1) is 9.81. The molecule has 0 radical (unpaired) electrons. The van der Waals surface area contributed by atoms with Crippen molar-refractivity contribution in [2.75, 3.05) is 19.6 Å². The fourth-order valence-electron chi connectivity index (χ4n) is 3.26. The molecule has 0 aromatic carbocycles. The molecule has 2 atom stereocenters. The highest BCUT2D eigenvalue weighted by Gasteiger charge is 2.33. The summed E-state index contributed by atoms with van der Waals surface area (Å²) in [5.74, 6) is 0. The van der Waals surface area contributed by atoms with Crippen LogP contribution < -0.4 is 10.5 Å². The summed E-state index contributed by atoms with van der Waals surface area (Å²) in [5.41, 5.74) is 5.98. The van der Waals surface area contributed by atoms with Gasteiger partial charge in [-0.3, -0.25) is 0 Å². The van der Waals surface area contributed by atoms with Gasteiger partial charge in [0.05, 0.1) is 12.2 Å². The lowest BCUT2D eigenvalue weighted by Gasteiger charge is -2.35. The number of hydrogen-bond donors (Lipinski definition) is 2. The molecule has 6 nitrogen and oxygen atoms in total. The fraction of sp³-hybridized carbons (Fsp3) is 1.00. The third kappa shape index (κ3) is 4.89. The maximum absolute atomic E-state index is 12.5. The van der Waals surface area contributed by atoms with E-state index in [1.807, 2.05) is 13.8 Å². The van der Waals surface area contributed by atoms with Crippen LogP contribution >= 0.6 is 0 Å². The summed E-state index contributed by atoms with van der Waals surface area (Å²) in [4.78, 5) is 0. The molecular formula is C14H29N3O3S. The largest absolute Gasteiger partial charge is 0.373 e. The number of ether oxygens (including phenoxy) is 1. The SMILES string of the molecule is CC1CN(S(=O)(=O)NCC2(N)CCCCCC2)CC(C)O1. The van der Waals surface area contributed by atoms with Crippen molar-refractivity contribution >= 4 is 10.2 Å². The molecule has 0 aromatic rings. The highest BCUT2D eigenvalue weighted by atomic mass is 32.2. The third-order valence-electron chi connectivity index (χ3n) is 4.43. The van der Waals surface area contributed by atoms with E-state index < -0.39 is 15.7 Å². The van der Waals surface area contributed by atoms with Gasteiger partial charge in [0, 0.05) is 25.2 Å². The van der Waals surface area contributed by atoms with E-state index in [0.717, 1.165) is 25.7 Å². The van der Waals surface area contributed by atoms with Gasteiger partial charge in [0.2, 0.25) is 0 Å². The molecular weight excluding hydrogens is 290 g/mol. The van der Waals surface area contributed by atoms with Gasteiger partial charge >= 0.3 is 0 Å². The summed E-state index contributed by atoms with van der Waals surface area (Å²) >= 11 is 0. The van der Waals surface area contributed by atoms with Crippen LogP contribution in [0.15, 0.2) is 0 Å². The Labute approximate surface area is 128 Å². The van der Waals surface area contributed by atoms with E-state index in [1.54, 1.807) is 0 Å². The Morgan fingerprint density at radius 2 is 1.67 bits per heavy atom. The molecule has 1 heterocycles. The molecule has 0 spiro atoms. The van der Waals surface area contributed by atoms with Crippen molar-refractivity contribution in [3.63, 3.8) is 0 Å². The van der Waals surface area contributed by atoms with Crippen molar-refractivity contribution in [2.45, 2.75) is 70.1 Å². The fourth-order valence-corrected chi connectivity index (χ4v) is 4.73. The lowest BCUT2D eigenvalue weighted by molar-refractivity contribution is -0.0444. The molecule has 7 heteroatoms. The molecule has 1 aliphatic heterocycles. The van der Waals surface area contributed by atoms with E-state index in [9.17, 15) is 8.42 Å². The maximum atomic E-state index is 12.5. The lowest BCUT2D eigenvalue weighted by Crippen LogP contribution is -2.56. The molecule has 2 unspecified atom stereocenters. The Kier molecular flexibility index (Phi) is 5.65. The van der Waals surface area contributed by atoms with Gasteiger partial charge in [-0.25, -0.2) is 4.72 Å². The third-order valence-corrected chi connectivity index (χ3v) is 5.92. The minimum absolute atomic E-state index is 0.0740. The summed E-state index contributed by atoms with van der Waals surface area (Å²) in [6, 6.07) is 0. The Bertz CT molecular complexity index is 423. The summed E-state index contributed by atoms with van der Waals surface area (Å²) in [6.45, 7) is 4.92. The molecule has 1 saturated heterocycles. The van der Waals surface area contributed by atoms with E-state index in [0.29, 0.717) is 19.6 Å². The average Bonchev–Trinajstić information content (AvgIpc) is 2.61. The summed E-state index contributed by atoms with van der Waals surface area (Å²) < 4.78 is 34.7. The molecule has 2 fully saturated rings. The quantitative estimate of drug-likeness (QED) is 0.757. The molecule has 0 amide bonds. The van der Waals surface area contributed by atoms with Gasteiger partial charge < -0.3 is 10.5 Å². The molecule has 2 rings (SSSR count). The van der Waals surface area contributed by atoms with Crippen LogP contribution in [-0.4, -0.2) is 50.1 Å². The van der Waals surface area contributed by atoms with Gasteiger partial charge in [-0.2, -0.15) is 12.7 Å². The Hall–Kier alpha value is -0.210. The van der Waals surface area contributed by atoms with Crippen molar-refractivity contribution in [3.05, 3.63) is 0 Å². The van der Waals surface area contributed by atoms with Crippen LogP contribution in [0.3, 0.4) is 0 Å². The molecule has 2 aliphatic rings. The van der Waals surface area contributed by atoms with E-state index in [-0.39, 0.29) is 12.2 Å². The van der Waals surface area contributed by atoms with Gasteiger partial charge in [-0.05, 0) is 26.7 Å². The predicted octanol–water partition coefficient (Wildman–Crippen LogP) is 0.982. The zero-order valence-electron chi connectivity index (χ0n) is 13.2. The molecule has 1 saturated carbocycles. The van der Waals surface area contributed by atoms with Crippen LogP contribution in [0.5, 0.6) is 0 Å². The second-order valence-corrected chi connectivity index (χ2v) is 8.43. The van der Waals surface area contributed by atoms with Crippen molar-refractivity contribution in [1.82, 2.24) is 9.03 Å². The van der Waals surface area contributed by atoms with Crippen LogP contribution in [0.25, 0.3) is 0 Å². The predicted molar refractivity (Wildman–Crippen MR) is 83.1 cm³/mol. The Balaban J connectivity index is 1.94. The van der Waals surface area contributed by atoms with Gasteiger partial charge in [-0.1, -0.05) is 25.7 Å². The zero-order valence-corrected chi connectivity index (χ0v) is 14.0. The van der Waals surface area contributed by atoms with Gasteiger partial charge in [0.1, 0.15) is 0 Å². The van der Waals surface area contributed by atoms with E-state index in [2.05, 4.69) is 4.72 Å². The van der Waals surface area contributed by atoms with Gasteiger partial charge in [0.25, 0.3) is 10.2 Å². The number of morpholine rings is 1. The number of nitrogens with two attached hydrogens (primary N) is 1. The smallest absolute Gasteiger partial charge is 0.279 e. The first kappa shape index (κ1) is 17.1. The van der Waals surface area contributed by atoms with Crippen molar-refractivity contribution in [2.24, 2.45) is 5.73 Å². The molecule has 0 aromatic heterocycles. The van der Waals surface area contributed by atoms with E-state index in [4.69, 9.17) is 10.5 Å². The molecule has 124 valence electrons. The summed E-state index contributed by atoms with van der Waals surface area (Å²) in [7, 11) is -3.48. The first-order valence-electron chi connectivity index (χ1n) is 8.00. The van der Waals surface area contributed by atoms with Crippen molar-refractivity contribution in [3.8, 4) is 0 Å². The van der Waals surface area contributed by atoms with Crippen molar-refractivity contribution < 1.29 is 13.2 Å². The highest BCUT2D eigenvalue weighted by Crippen LogP contribution is 2.24. The maximum Gasteiger partial charge on any atom is 0.279 e.